The smallest absolute Gasteiger partial charge is 0.407 e. The number of hydrogen-bond donors (Lipinski definition) is 1. The standard InChI is InChI=1S/C23H23NO4/c1-23(2,3)28-22(27)24-13-7-6-8-15-11-12-18-19(14-15)16-9-4-5-10-17(16)20(25)21(18)26/h4-6,8-12,14H,7,13H2,1-3H3,(H,24,27). The van der Waals surface area contributed by atoms with Gasteiger partial charge in [-0.1, -0.05) is 42.5 Å². The number of ketones is 2. The molecule has 28 heavy (non-hydrogen) atoms. The van der Waals surface area contributed by atoms with Crippen molar-refractivity contribution >= 4 is 23.7 Å². The fourth-order valence-corrected chi connectivity index (χ4v) is 3.04. The molecule has 0 saturated heterocycles. The molecule has 5 heteroatoms. The molecule has 1 aliphatic carbocycles. The SMILES string of the molecule is CC(C)(C)OC(=O)NCCC=Cc1ccc2c(c1)-c1ccccc1C(=O)C2=O. The molecule has 0 spiro atoms. The lowest BCUT2D eigenvalue weighted by molar-refractivity contribution is 0.0528. The number of nitrogens with one attached hydrogen (secondary N) is 1. The first-order valence-corrected chi connectivity index (χ1v) is 9.22. The van der Waals surface area contributed by atoms with E-state index in [0.29, 0.717) is 24.1 Å². The van der Waals surface area contributed by atoms with Crippen LogP contribution >= 0.6 is 0 Å². The van der Waals surface area contributed by atoms with E-state index in [2.05, 4.69) is 5.32 Å². The maximum atomic E-state index is 12.3. The highest BCUT2D eigenvalue weighted by Gasteiger charge is 2.29. The highest BCUT2D eigenvalue weighted by Crippen LogP contribution is 2.34. The highest BCUT2D eigenvalue weighted by atomic mass is 16.6. The molecule has 0 unspecified atom stereocenters. The van der Waals surface area contributed by atoms with Gasteiger partial charge < -0.3 is 10.1 Å². The summed E-state index contributed by atoms with van der Waals surface area (Å²) in [5, 5.41) is 2.70. The number of fused-ring (bicyclic) bond motifs is 3. The molecule has 2 aromatic carbocycles. The molecule has 0 fully saturated rings. The third kappa shape index (κ3) is 4.36. The van der Waals surface area contributed by atoms with Gasteiger partial charge in [-0.3, -0.25) is 9.59 Å². The zero-order chi connectivity index (χ0) is 20.3. The molecule has 5 nitrogen and oxygen atoms in total. The van der Waals surface area contributed by atoms with Crippen LogP contribution in [-0.4, -0.2) is 29.8 Å². The van der Waals surface area contributed by atoms with Gasteiger partial charge >= 0.3 is 6.09 Å². The third-order valence-corrected chi connectivity index (χ3v) is 4.25. The van der Waals surface area contributed by atoms with Crippen LogP contribution in [0.25, 0.3) is 17.2 Å². The van der Waals surface area contributed by atoms with Crippen LogP contribution in [-0.2, 0) is 4.74 Å². The van der Waals surface area contributed by atoms with Gasteiger partial charge in [0.1, 0.15) is 5.60 Å². The maximum absolute atomic E-state index is 12.3. The average molecular weight is 377 g/mol. The van der Waals surface area contributed by atoms with Crippen LogP contribution in [0.3, 0.4) is 0 Å². The van der Waals surface area contributed by atoms with E-state index >= 15 is 0 Å². The van der Waals surface area contributed by atoms with Crippen molar-refractivity contribution in [1.82, 2.24) is 5.32 Å². The number of Topliss-reactive ketones (excluding diaryl/α,β-unsaturated/α-hetero) is 2. The van der Waals surface area contributed by atoms with Crippen molar-refractivity contribution in [2.75, 3.05) is 6.54 Å². The number of hydrogen-bond acceptors (Lipinski definition) is 4. The summed E-state index contributed by atoms with van der Waals surface area (Å²) in [6, 6.07) is 12.6. The van der Waals surface area contributed by atoms with Crippen LogP contribution in [0.4, 0.5) is 4.79 Å². The van der Waals surface area contributed by atoms with E-state index < -0.39 is 23.3 Å². The summed E-state index contributed by atoms with van der Waals surface area (Å²) in [6.45, 7) is 5.92. The number of amides is 1. The topological polar surface area (TPSA) is 72.5 Å². The average Bonchev–Trinajstić information content (AvgIpc) is 2.64. The molecule has 0 atom stereocenters. The number of carbonyl (C=O) groups excluding carboxylic acids is 3. The Kier molecular flexibility index (Phi) is 5.45. The summed E-state index contributed by atoms with van der Waals surface area (Å²) in [6.07, 6.45) is 4.08. The minimum Gasteiger partial charge on any atom is -0.444 e. The van der Waals surface area contributed by atoms with E-state index in [1.807, 2.05) is 57.2 Å². The van der Waals surface area contributed by atoms with E-state index in [4.69, 9.17) is 4.74 Å². The van der Waals surface area contributed by atoms with Crippen molar-refractivity contribution in [2.45, 2.75) is 32.8 Å². The van der Waals surface area contributed by atoms with Gasteiger partial charge in [-0.2, -0.15) is 0 Å². The van der Waals surface area contributed by atoms with Crippen molar-refractivity contribution in [3.8, 4) is 11.1 Å². The summed E-state index contributed by atoms with van der Waals surface area (Å²) in [7, 11) is 0. The Morgan fingerprint density at radius 3 is 2.29 bits per heavy atom. The van der Waals surface area contributed by atoms with E-state index in [0.717, 1.165) is 16.7 Å². The molecule has 0 saturated carbocycles. The molecule has 0 bridgehead atoms. The lowest BCUT2D eigenvalue weighted by atomic mass is 9.83. The van der Waals surface area contributed by atoms with Gasteiger partial charge in [0.15, 0.2) is 0 Å². The number of ether oxygens (including phenoxy) is 1. The van der Waals surface area contributed by atoms with Crippen molar-refractivity contribution in [3.63, 3.8) is 0 Å². The van der Waals surface area contributed by atoms with Gasteiger partial charge in [0, 0.05) is 17.7 Å². The molecule has 0 heterocycles. The molecule has 0 aromatic heterocycles. The molecular formula is C23H23NO4. The maximum Gasteiger partial charge on any atom is 0.407 e. The number of alkyl carbamates (subject to hydrolysis) is 1. The molecule has 1 aliphatic rings. The van der Waals surface area contributed by atoms with Gasteiger partial charge in [-0.05, 0) is 56.0 Å². The summed E-state index contributed by atoms with van der Waals surface area (Å²) in [4.78, 5) is 36.2. The Bertz CT molecular complexity index is 967. The van der Waals surface area contributed by atoms with Crippen LogP contribution in [0.2, 0.25) is 0 Å². The third-order valence-electron chi connectivity index (χ3n) is 4.25. The lowest BCUT2D eigenvalue weighted by Gasteiger charge is -2.19. The minimum atomic E-state index is -0.516. The molecular weight excluding hydrogens is 354 g/mol. The zero-order valence-electron chi connectivity index (χ0n) is 16.2. The minimum absolute atomic E-state index is 0.436. The van der Waals surface area contributed by atoms with Crippen molar-refractivity contribution in [3.05, 3.63) is 65.2 Å². The molecule has 1 N–H and O–H groups in total. The van der Waals surface area contributed by atoms with Gasteiger partial charge in [0.05, 0.1) is 0 Å². The van der Waals surface area contributed by atoms with E-state index in [-0.39, 0.29) is 0 Å². The first kappa shape index (κ1) is 19.5. The van der Waals surface area contributed by atoms with E-state index in [1.54, 1.807) is 18.2 Å². The molecule has 2 aromatic rings. The first-order valence-electron chi connectivity index (χ1n) is 9.22. The fraction of sp³-hybridized carbons (Fsp3) is 0.261. The normalized spacial score (nSPS) is 13.2. The highest BCUT2D eigenvalue weighted by molar-refractivity contribution is 6.53. The first-order chi connectivity index (χ1) is 13.3. The van der Waals surface area contributed by atoms with Crippen LogP contribution in [0, 0.1) is 0 Å². The van der Waals surface area contributed by atoms with E-state index in [1.165, 1.54) is 0 Å². The zero-order valence-corrected chi connectivity index (χ0v) is 16.2. The lowest BCUT2D eigenvalue weighted by Crippen LogP contribution is -2.32. The Morgan fingerprint density at radius 1 is 0.964 bits per heavy atom. The monoisotopic (exact) mass is 377 g/mol. The van der Waals surface area contributed by atoms with E-state index in [9.17, 15) is 14.4 Å². The van der Waals surface area contributed by atoms with Gasteiger partial charge in [0.2, 0.25) is 11.6 Å². The predicted molar refractivity (Wildman–Crippen MR) is 108 cm³/mol. The Morgan fingerprint density at radius 2 is 1.61 bits per heavy atom. The van der Waals surface area contributed by atoms with Gasteiger partial charge in [-0.25, -0.2) is 4.79 Å². The van der Waals surface area contributed by atoms with Crippen LogP contribution in [0.5, 0.6) is 0 Å². The fourth-order valence-electron chi connectivity index (χ4n) is 3.04. The second kappa shape index (κ2) is 7.80. The van der Waals surface area contributed by atoms with Crippen LogP contribution < -0.4 is 5.32 Å². The van der Waals surface area contributed by atoms with Crippen molar-refractivity contribution in [2.24, 2.45) is 0 Å². The second-order valence-electron chi connectivity index (χ2n) is 7.63. The largest absolute Gasteiger partial charge is 0.444 e. The quantitative estimate of drug-likeness (QED) is 0.621. The Hall–Kier alpha value is -3.21. The summed E-state index contributed by atoms with van der Waals surface area (Å²) < 4.78 is 5.18. The summed E-state index contributed by atoms with van der Waals surface area (Å²) in [5.74, 6) is -0.926. The number of carbonyl (C=O) groups is 3. The van der Waals surface area contributed by atoms with Crippen LogP contribution in [0.1, 0.15) is 53.5 Å². The van der Waals surface area contributed by atoms with Gasteiger partial charge in [0.25, 0.3) is 0 Å². The number of benzene rings is 2. The predicted octanol–water partition coefficient (Wildman–Crippen LogP) is 4.66. The van der Waals surface area contributed by atoms with Gasteiger partial charge in [-0.15, -0.1) is 0 Å². The molecule has 144 valence electrons. The van der Waals surface area contributed by atoms with Crippen molar-refractivity contribution in [1.29, 1.82) is 0 Å². The molecule has 0 aliphatic heterocycles. The summed E-state index contributed by atoms with van der Waals surface area (Å²) >= 11 is 0. The van der Waals surface area contributed by atoms with Crippen molar-refractivity contribution < 1.29 is 19.1 Å². The van der Waals surface area contributed by atoms with Crippen LogP contribution in [0.15, 0.2) is 48.5 Å². The summed E-state index contributed by atoms with van der Waals surface area (Å²) in [5.41, 5.74) is 2.85. The number of rotatable bonds is 4. The molecule has 1 amide bonds. The Balaban J connectivity index is 1.68. The molecule has 0 radical (unpaired) electrons. The second-order valence-corrected chi connectivity index (χ2v) is 7.63. The Labute approximate surface area is 164 Å². The molecule has 3 rings (SSSR count).